The SMILES string of the molecule is Cc1noc(C)c1CCC(=O)N(Cc1cccs1)C[C@@H]1CCCO1. The summed E-state index contributed by atoms with van der Waals surface area (Å²) >= 11 is 1.69. The third kappa shape index (κ3) is 4.24. The molecule has 1 saturated heterocycles. The van der Waals surface area contributed by atoms with Crippen molar-refractivity contribution in [1.82, 2.24) is 10.1 Å². The molecule has 0 aromatic carbocycles. The topological polar surface area (TPSA) is 55.6 Å². The van der Waals surface area contributed by atoms with Crippen molar-refractivity contribution >= 4 is 17.2 Å². The maximum Gasteiger partial charge on any atom is 0.223 e. The molecule has 1 atom stereocenters. The quantitative estimate of drug-likeness (QED) is 0.768. The van der Waals surface area contributed by atoms with Gasteiger partial charge >= 0.3 is 0 Å². The summed E-state index contributed by atoms with van der Waals surface area (Å²) < 4.78 is 10.9. The summed E-state index contributed by atoms with van der Waals surface area (Å²) in [5.41, 5.74) is 1.93. The molecule has 0 N–H and O–H groups in total. The molecule has 0 saturated carbocycles. The number of nitrogens with zero attached hydrogens (tertiary/aromatic N) is 2. The van der Waals surface area contributed by atoms with Gasteiger partial charge in [0.15, 0.2) is 0 Å². The van der Waals surface area contributed by atoms with Crippen LogP contribution in [0.2, 0.25) is 0 Å². The van der Waals surface area contributed by atoms with Gasteiger partial charge in [-0.3, -0.25) is 4.79 Å². The van der Waals surface area contributed by atoms with E-state index >= 15 is 0 Å². The Bertz CT molecular complexity index is 640. The number of rotatable bonds is 7. The zero-order valence-corrected chi connectivity index (χ0v) is 15.1. The van der Waals surface area contributed by atoms with Crippen LogP contribution in [0.15, 0.2) is 22.0 Å². The summed E-state index contributed by atoms with van der Waals surface area (Å²) in [6.45, 7) is 5.97. The molecule has 24 heavy (non-hydrogen) atoms. The molecule has 1 aliphatic rings. The lowest BCUT2D eigenvalue weighted by atomic mass is 10.1. The molecule has 1 amide bonds. The van der Waals surface area contributed by atoms with Gasteiger partial charge in [-0.25, -0.2) is 0 Å². The molecule has 3 heterocycles. The highest BCUT2D eigenvalue weighted by molar-refractivity contribution is 7.09. The van der Waals surface area contributed by atoms with Crippen molar-refractivity contribution in [2.24, 2.45) is 0 Å². The minimum Gasteiger partial charge on any atom is -0.376 e. The van der Waals surface area contributed by atoms with Crippen LogP contribution in [0.3, 0.4) is 0 Å². The zero-order chi connectivity index (χ0) is 16.9. The lowest BCUT2D eigenvalue weighted by molar-refractivity contribution is -0.133. The molecule has 6 heteroatoms. The fourth-order valence-electron chi connectivity index (χ4n) is 3.13. The minimum atomic E-state index is 0.166. The van der Waals surface area contributed by atoms with E-state index in [2.05, 4.69) is 11.2 Å². The predicted octanol–water partition coefficient (Wildman–Crippen LogP) is 3.49. The Balaban J connectivity index is 1.63. The lowest BCUT2D eigenvalue weighted by Crippen LogP contribution is -2.36. The van der Waals surface area contributed by atoms with Crippen LogP contribution in [0.5, 0.6) is 0 Å². The first-order valence-electron chi connectivity index (χ1n) is 8.47. The number of hydrogen-bond acceptors (Lipinski definition) is 5. The second-order valence-corrected chi connectivity index (χ2v) is 7.32. The highest BCUT2D eigenvalue weighted by Gasteiger charge is 2.23. The second-order valence-electron chi connectivity index (χ2n) is 6.29. The maximum atomic E-state index is 12.8. The molecule has 3 rings (SSSR count). The van der Waals surface area contributed by atoms with Crippen molar-refractivity contribution in [3.05, 3.63) is 39.4 Å². The Hall–Kier alpha value is -1.66. The molecule has 0 aliphatic carbocycles. The van der Waals surface area contributed by atoms with Crippen molar-refractivity contribution in [3.63, 3.8) is 0 Å². The van der Waals surface area contributed by atoms with E-state index in [0.717, 1.165) is 36.5 Å². The van der Waals surface area contributed by atoms with Gasteiger partial charge in [-0.1, -0.05) is 11.2 Å². The Kier molecular flexibility index (Phi) is 5.68. The normalized spacial score (nSPS) is 17.3. The van der Waals surface area contributed by atoms with Crippen LogP contribution in [0.1, 0.15) is 41.2 Å². The van der Waals surface area contributed by atoms with Crippen LogP contribution >= 0.6 is 11.3 Å². The maximum absolute atomic E-state index is 12.8. The average Bonchev–Trinajstić information content (AvgIpc) is 3.30. The standard InChI is InChI=1S/C18H24N2O3S/c1-13-17(14(2)23-19-13)7-8-18(21)20(11-15-5-3-9-22-15)12-16-6-4-10-24-16/h4,6,10,15H,3,5,7-9,11-12H2,1-2H3/t15-/m0/s1. The molecule has 130 valence electrons. The van der Waals surface area contributed by atoms with Gasteiger partial charge in [0.2, 0.25) is 5.91 Å². The highest BCUT2D eigenvalue weighted by atomic mass is 32.1. The Morgan fingerprint density at radius 1 is 1.46 bits per heavy atom. The number of amides is 1. The van der Waals surface area contributed by atoms with Crippen molar-refractivity contribution in [1.29, 1.82) is 0 Å². The first-order chi connectivity index (χ1) is 11.6. The van der Waals surface area contributed by atoms with Crippen molar-refractivity contribution < 1.29 is 14.1 Å². The number of thiophene rings is 1. The van der Waals surface area contributed by atoms with Gasteiger partial charge in [-0.05, 0) is 44.6 Å². The number of carbonyl (C=O) groups excluding carboxylic acids is 1. The molecular formula is C18H24N2O3S. The molecule has 1 aliphatic heterocycles. The zero-order valence-electron chi connectivity index (χ0n) is 14.3. The van der Waals surface area contributed by atoms with E-state index in [1.54, 1.807) is 11.3 Å². The first kappa shape index (κ1) is 17.2. The Morgan fingerprint density at radius 3 is 2.96 bits per heavy atom. The van der Waals surface area contributed by atoms with E-state index in [9.17, 15) is 4.79 Å². The summed E-state index contributed by atoms with van der Waals surface area (Å²) in [4.78, 5) is 16.0. The smallest absolute Gasteiger partial charge is 0.223 e. The van der Waals surface area contributed by atoms with E-state index in [1.807, 2.05) is 30.2 Å². The summed E-state index contributed by atoms with van der Waals surface area (Å²) in [6, 6.07) is 4.10. The third-order valence-electron chi connectivity index (χ3n) is 4.50. The molecule has 1 fully saturated rings. The van der Waals surface area contributed by atoms with Crippen LogP contribution in [0.4, 0.5) is 0 Å². The predicted molar refractivity (Wildman–Crippen MR) is 93.0 cm³/mol. The van der Waals surface area contributed by atoms with Crippen LogP contribution in [0, 0.1) is 13.8 Å². The van der Waals surface area contributed by atoms with Crippen LogP contribution in [-0.4, -0.2) is 35.2 Å². The van der Waals surface area contributed by atoms with Crippen LogP contribution in [-0.2, 0) is 22.5 Å². The Labute approximate surface area is 146 Å². The van der Waals surface area contributed by atoms with Gasteiger partial charge in [0, 0.05) is 30.0 Å². The second kappa shape index (κ2) is 7.94. The van der Waals surface area contributed by atoms with Gasteiger partial charge < -0.3 is 14.2 Å². The first-order valence-corrected chi connectivity index (χ1v) is 9.35. The van der Waals surface area contributed by atoms with Crippen molar-refractivity contribution in [3.8, 4) is 0 Å². The monoisotopic (exact) mass is 348 g/mol. The molecule has 0 bridgehead atoms. The van der Waals surface area contributed by atoms with Crippen molar-refractivity contribution in [2.75, 3.05) is 13.2 Å². The summed E-state index contributed by atoms with van der Waals surface area (Å²) in [7, 11) is 0. The number of ether oxygens (including phenoxy) is 1. The highest BCUT2D eigenvalue weighted by Crippen LogP contribution is 2.20. The third-order valence-corrected chi connectivity index (χ3v) is 5.36. The fraction of sp³-hybridized carbons (Fsp3) is 0.556. The fourth-order valence-corrected chi connectivity index (χ4v) is 3.85. The molecule has 5 nitrogen and oxygen atoms in total. The van der Waals surface area contributed by atoms with Crippen molar-refractivity contribution in [2.45, 2.75) is 52.2 Å². The van der Waals surface area contributed by atoms with Crippen LogP contribution < -0.4 is 0 Å². The molecule has 2 aromatic heterocycles. The van der Waals surface area contributed by atoms with Gasteiger partial charge in [-0.15, -0.1) is 11.3 Å². The van der Waals surface area contributed by atoms with E-state index in [4.69, 9.17) is 9.26 Å². The molecule has 0 unspecified atom stereocenters. The molecule has 0 radical (unpaired) electrons. The van der Waals surface area contributed by atoms with E-state index in [0.29, 0.717) is 25.9 Å². The van der Waals surface area contributed by atoms with E-state index < -0.39 is 0 Å². The van der Waals surface area contributed by atoms with Gasteiger partial charge in [0.1, 0.15) is 5.76 Å². The van der Waals surface area contributed by atoms with Gasteiger partial charge in [0.05, 0.1) is 18.3 Å². The van der Waals surface area contributed by atoms with Gasteiger partial charge in [-0.2, -0.15) is 0 Å². The number of aromatic nitrogens is 1. The molecule has 0 spiro atoms. The number of hydrogen-bond donors (Lipinski definition) is 0. The number of aryl methyl sites for hydroxylation is 2. The van der Waals surface area contributed by atoms with Gasteiger partial charge in [0.25, 0.3) is 0 Å². The van der Waals surface area contributed by atoms with E-state index in [-0.39, 0.29) is 12.0 Å². The van der Waals surface area contributed by atoms with Crippen LogP contribution in [0.25, 0.3) is 0 Å². The summed E-state index contributed by atoms with van der Waals surface area (Å²) in [6.07, 6.45) is 3.45. The minimum absolute atomic E-state index is 0.166. The van der Waals surface area contributed by atoms with E-state index in [1.165, 1.54) is 4.88 Å². The average molecular weight is 348 g/mol. The summed E-state index contributed by atoms with van der Waals surface area (Å²) in [5.74, 6) is 0.975. The lowest BCUT2D eigenvalue weighted by Gasteiger charge is -2.25. The summed E-state index contributed by atoms with van der Waals surface area (Å²) in [5, 5.41) is 6.01. The molecule has 2 aromatic rings. The molecular weight excluding hydrogens is 324 g/mol. The number of carbonyl (C=O) groups is 1. The Morgan fingerprint density at radius 2 is 2.33 bits per heavy atom. The largest absolute Gasteiger partial charge is 0.376 e.